The standard InChI is InChI=1S/C30H38N3O7PS/c1-21(2)17-25(19-41(37,39-5)20-32-30(36)40-18-23-9-7-6-8-10-23)28(34)33(22(3)29(35)38-4)26-13-11-24(12-14-26)27-31-15-16-42-27/h6-16,21-22,25H,17-20H2,1-5H3,(H,32,36)/t22-,25?,41?/m0/s1. The van der Waals surface area contributed by atoms with Crippen LogP contribution in [0.3, 0.4) is 0 Å². The van der Waals surface area contributed by atoms with E-state index in [2.05, 4.69) is 10.3 Å². The van der Waals surface area contributed by atoms with Gasteiger partial charge in [-0.3, -0.25) is 14.3 Å². The van der Waals surface area contributed by atoms with Crippen molar-refractivity contribution in [1.29, 1.82) is 0 Å². The van der Waals surface area contributed by atoms with E-state index >= 15 is 0 Å². The number of benzene rings is 2. The summed E-state index contributed by atoms with van der Waals surface area (Å²) < 4.78 is 29.4. The van der Waals surface area contributed by atoms with Crippen molar-refractivity contribution >= 4 is 42.4 Å². The molecule has 0 bridgehead atoms. The molecular formula is C30H38N3O7PS. The van der Waals surface area contributed by atoms with Crippen LogP contribution in [0.5, 0.6) is 0 Å². The number of carbonyl (C=O) groups excluding carboxylic acids is 3. The summed E-state index contributed by atoms with van der Waals surface area (Å²) in [6.07, 6.45) is 0.900. The Balaban J connectivity index is 1.80. The van der Waals surface area contributed by atoms with Crippen molar-refractivity contribution in [2.75, 3.05) is 31.6 Å². The Morgan fingerprint density at radius 1 is 1.02 bits per heavy atom. The van der Waals surface area contributed by atoms with E-state index in [0.29, 0.717) is 12.1 Å². The maximum atomic E-state index is 14.2. The number of alkyl carbamates (subject to hydrolysis) is 1. The summed E-state index contributed by atoms with van der Waals surface area (Å²) in [4.78, 5) is 44.9. The van der Waals surface area contributed by atoms with E-state index in [1.807, 2.05) is 61.7 Å². The summed E-state index contributed by atoms with van der Waals surface area (Å²) in [5.41, 5.74) is 2.17. The molecule has 226 valence electrons. The normalized spacial score (nSPS) is 14.0. The SMILES string of the molecule is COC(=O)[C@H](C)N(C(=O)C(CC(C)C)CP(=O)(CNC(=O)OCc1ccccc1)OC)c1ccc(-c2nccs2)cc1. The second kappa shape index (κ2) is 15.6. The number of hydrogen-bond acceptors (Lipinski definition) is 9. The Morgan fingerprint density at radius 2 is 1.71 bits per heavy atom. The van der Waals surface area contributed by atoms with Crippen LogP contribution in [0.25, 0.3) is 10.6 Å². The van der Waals surface area contributed by atoms with Crippen molar-refractivity contribution in [2.45, 2.75) is 39.8 Å². The summed E-state index contributed by atoms with van der Waals surface area (Å²) >= 11 is 1.49. The highest BCUT2D eigenvalue weighted by Gasteiger charge is 2.38. The van der Waals surface area contributed by atoms with Crippen LogP contribution in [0, 0.1) is 11.8 Å². The minimum absolute atomic E-state index is 0.0557. The molecule has 0 fully saturated rings. The first-order valence-electron chi connectivity index (χ1n) is 13.6. The van der Waals surface area contributed by atoms with Crippen molar-refractivity contribution in [2.24, 2.45) is 11.8 Å². The predicted octanol–water partition coefficient (Wildman–Crippen LogP) is 6.18. The molecule has 1 N–H and O–H groups in total. The van der Waals surface area contributed by atoms with Gasteiger partial charge in [0.15, 0.2) is 0 Å². The minimum Gasteiger partial charge on any atom is -0.467 e. The molecule has 0 spiro atoms. The van der Waals surface area contributed by atoms with Crippen LogP contribution in [0.1, 0.15) is 32.8 Å². The Hall–Kier alpha value is -3.53. The quantitative estimate of drug-likeness (QED) is 0.169. The molecule has 3 rings (SSSR count). The molecule has 3 atom stereocenters. The summed E-state index contributed by atoms with van der Waals surface area (Å²) in [5, 5.41) is 5.22. The Bertz CT molecular complexity index is 1350. The number of esters is 1. The van der Waals surface area contributed by atoms with Gasteiger partial charge in [0.1, 0.15) is 17.7 Å². The fourth-order valence-electron chi connectivity index (χ4n) is 4.47. The first kappa shape index (κ1) is 33.0. The third-order valence-electron chi connectivity index (χ3n) is 6.61. The number of nitrogens with one attached hydrogen (secondary N) is 1. The van der Waals surface area contributed by atoms with Gasteiger partial charge < -0.3 is 19.3 Å². The minimum atomic E-state index is -3.53. The molecule has 3 aromatic rings. The van der Waals surface area contributed by atoms with Gasteiger partial charge in [0.2, 0.25) is 13.3 Å². The number of carbonyl (C=O) groups is 3. The van der Waals surface area contributed by atoms with Gasteiger partial charge in [-0.25, -0.2) is 14.6 Å². The zero-order valence-electron chi connectivity index (χ0n) is 24.5. The molecule has 42 heavy (non-hydrogen) atoms. The molecule has 0 aliphatic carbocycles. The molecule has 2 aromatic carbocycles. The number of aromatic nitrogens is 1. The van der Waals surface area contributed by atoms with Gasteiger partial charge in [0.05, 0.1) is 13.4 Å². The number of anilines is 1. The Morgan fingerprint density at radius 3 is 2.29 bits per heavy atom. The zero-order valence-corrected chi connectivity index (χ0v) is 26.2. The number of ether oxygens (including phenoxy) is 2. The second-order valence-corrected chi connectivity index (χ2v) is 13.8. The second-order valence-electron chi connectivity index (χ2n) is 10.2. The average molecular weight is 616 g/mol. The molecule has 10 nitrogen and oxygen atoms in total. The molecule has 0 saturated heterocycles. The number of rotatable bonds is 14. The Labute approximate surface area is 250 Å². The van der Waals surface area contributed by atoms with Crippen molar-refractivity contribution in [3.05, 3.63) is 71.7 Å². The maximum Gasteiger partial charge on any atom is 0.407 e. The van der Waals surface area contributed by atoms with Crippen LogP contribution in [-0.4, -0.2) is 55.7 Å². The first-order valence-corrected chi connectivity index (χ1v) is 16.4. The molecule has 2 amide bonds. The fraction of sp³-hybridized carbons (Fsp3) is 0.400. The molecule has 1 heterocycles. The highest BCUT2D eigenvalue weighted by atomic mass is 32.1. The molecule has 2 unspecified atom stereocenters. The number of methoxy groups -OCH3 is 1. The monoisotopic (exact) mass is 615 g/mol. The van der Waals surface area contributed by atoms with Gasteiger partial charge in [-0.1, -0.05) is 44.2 Å². The summed E-state index contributed by atoms with van der Waals surface area (Å²) in [7, 11) is -0.975. The molecular weight excluding hydrogens is 577 g/mol. The van der Waals surface area contributed by atoms with E-state index in [-0.39, 0.29) is 25.0 Å². The van der Waals surface area contributed by atoms with E-state index in [1.54, 1.807) is 25.3 Å². The van der Waals surface area contributed by atoms with E-state index < -0.39 is 37.3 Å². The molecule has 12 heteroatoms. The topological polar surface area (TPSA) is 124 Å². The van der Waals surface area contributed by atoms with Crippen LogP contribution in [0.4, 0.5) is 10.5 Å². The highest BCUT2D eigenvalue weighted by Crippen LogP contribution is 2.48. The van der Waals surface area contributed by atoms with Gasteiger partial charge in [-0.05, 0) is 49.1 Å². The Kier molecular flexibility index (Phi) is 12.3. The van der Waals surface area contributed by atoms with E-state index in [9.17, 15) is 18.9 Å². The van der Waals surface area contributed by atoms with E-state index in [4.69, 9.17) is 14.0 Å². The number of hydrogen-bond donors (Lipinski definition) is 1. The van der Waals surface area contributed by atoms with Gasteiger partial charge in [0.25, 0.3) is 0 Å². The summed E-state index contributed by atoms with van der Waals surface area (Å²) in [6, 6.07) is 15.4. The third-order valence-corrected chi connectivity index (χ3v) is 9.73. The van der Waals surface area contributed by atoms with Gasteiger partial charge >= 0.3 is 12.1 Å². The molecule has 0 saturated carbocycles. The largest absolute Gasteiger partial charge is 0.467 e. The fourth-order valence-corrected chi connectivity index (χ4v) is 6.86. The smallest absolute Gasteiger partial charge is 0.407 e. The van der Waals surface area contributed by atoms with Crippen LogP contribution in [-0.2, 0) is 34.8 Å². The lowest BCUT2D eigenvalue weighted by molar-refractivity contribution is -0.143. The summed E-state index contributed by atoms with van der Waals surface area (Å²) in [6.45, 7) is 5.55. The van der Waals surface area contributed by atoms with E-state index in [1.165, 1.54) is 30.5 Å². The third kappa shape index (κ3) is 9.24. The maximum absolute atomic E-state index is 14.2. The summed E-state index contributed by atoms with van der Waals surface area (Å²) in [5.74, 6) is -1.69. The van der Waals surface area contributed by atoms with Crippen molar-refractivity contribution in [3.8, 4) is 10.6 Å². The van der Waals surface area contributed by atoms with Crippen molar-refractivity contribution in [1.82, 2.24) is 10.3 Å². The zero-order chi connectivity index (χ0) is 30.7. The average Bonchev–Trinajstić information content (AvgIpc) is 3.54. The lowest BCUT2D eigenvalue weighted by atomic mass is 9.96. The van der Waals surface area contributed by atoms with Gasteiger partial charge in [-0.15, -0.1) is 11.3 Å². The van der Waals surface area contributed by atoms with Gasteiger partial charge in [-0.2, -0.15) is 0 Å². The molecule has 0 aliphatic heterocycles. The van der Waals surface area contributed by atoms with Crippen LogP contribution in [0.2, 0.25) is 0 Å². The number of thiazole rings is 1. The van der Waals surface area contributed by atoms with Crippen LogP contribution < -0.4 is 10.2 Å². The predicted molar refractivity (Wildman–Crippen MR) is 164 cm³/mol. The molecule has 0 aliphatic rings. The van der Waals surface area contributed by atoms with Crippen LogP contribution >= 0.6 is 18.7 Å². The molecule has 1 aromatic heterocycles. The van der Waals surface area contributed by atoms with Gasteiger partial charge in [0, 0.05) is 42.0 Å². The number of amides is 2. The van der Waals surface area contributed by atoms with E-state index in [0.717, 1.165) is 16.1 Å². The number of nitrogens with zero attached hydrogens (tertiary/aromatic N) is 2. The first-order chi connectivity index (χ1) is 20.1. The van der Waals surface area contributed by atoms with Crippen LogP contribution in [0.15, 0.2) is 66.2 Å². The molecule has 0 radical (unpaired) electrons. The lowest BCUT2D eigenvalue weighted by Gasteiger charge is -2.33. The van der Waals surface area contributed by atoms with Crippen molar-refractivity contribution in [3.63, 3.8) is 0 Å². The lowest BCUT2D eigenvalue weighted by Crippen LogP contribution is -2.48. The van der Waals surface area contributed by atoms with Crippen molar-refractivity contribution < 1.29 is 32.9 Å². The highest BCUT2D eigenvalue weighted by molar-refractivity contribution is 7.59.